The zero-order valence-electron chi connectivity index (χ0n) is 11.4. The molecule has 1 amide bonds. The van der Waals surface area contributed by atoms with Crippen LogP contribution in [0.15, 0.2) is 22.8 Å². The number of amides is 1. The fraction of sp³-hybridized carbons (Fsp3) is 0.571. The molecule has 0 aliphatic carbocycles. The molecule has 1 unspecified atom stereocenters. The predicted molar refractivity (Wildman–Crippen MR) is 79.1 cm³/mol. The molecule has 1 aromatic rings. The van der Waals surface area contributed by atoms with Crippen LogP contribution in [-0.2, 0) is 0 Å². The summed E-state index contributed by atoms with van der Waals surface area (Å²) in [4.78, 5) is 18.6. The van der Waals surface area contributed by atoms with Gasteiger partial charge in [-0.3, -0.25) is 4.79 Å². The van der Waals surface area contributed by atoms with Gasteiger partial charge in [-0.05, 0) is 60.8 Å². The largest absolute Gasteiger partial charge is 0.350 e. The number of pyridine rings is 1. The van der Waals surface area contributed by atoms with E-state index < -0.39 is 0 Å². The molecular formula is C14H20BrN3O. The molecule has 1 aromatic heterocycles. The van der Waals surface area contributed by atoms with E-state index in [2.05, 4.69) is 45.0 Å². The second-order valence-corrected chi connectivity index (χ2v) is 6.11. The van der Waals surface area contributed by atoms with Crippen molar-refractivity contribution in [2.75, 3.05) is 19.6 Å². The summed E-state index contributed by atoms with van der Waals surface area (Å²) in [5.74, 6) is 0.461. The first-order valence-corrected chi connectivity index (χ1v) is 7.50. The molecule has 0 saturated carbocycles. The maximum atomic E-state index is 12.0. The molecule has 0 spiro atoms. The third-order valence-electron chi connectivity index (χ3n) is 3.55. The van der Waals surface area contributed by atoms with E-state index in [1.807, 2.05) is 12.1 Å². The van der Waals surface area contributed by atoms with Crippen molar-refractivity contribution in [2.24, 2.45) is 5.92 Å². The van der Waals surface area contributed by atoms with Gasteiger partial charge in [-0.25, -0.2) is 4.98 Å². The lowest BCUT2D eigenvalue weighted by molar-refractivity contribution is 0.0942. The highest BCUT2D eigenvalue weighted by atomic mass is 79.9. The number of aromatic nitrogens is 1. The predicted octanol–water partition coefficient (Wildman–Crippen LogP) is 2.30. The minimum atomic E-state index is -0.0932. The van der Waals surface area contributed by atoms with E-state index in [0.29, 0.717) is 22.3 Å². The van der Waals surface area contributed by atoms with Crippen molar-refractivity contribution in [3.63, 3.8) is 0 Å². The summed E-state index contributed by atoms with van der Waals surface area (Å²) in [7, 11) is 0. The lowest BCUT2D eigenvalue weighted by atomic mass is 10.1. The number of nitrogens with zero attached hydrogens (tertiary/aromatic N) is 2. The lowest BCUT2D eigenvalue weighted by Gasteiger charge is -2.20. The van der Waals surface area contributed by atoms with E-state index >= 15 is 0 Å². The number of halogens is 1. The van der Waals surface area contributed by atoms with Crippen LogP contribution >= 0.6 is 15.9 Å². The molecule has 1 atom stereocenters. The summed E-state index contributed by atoms with van der Waals surface area (Å²) < 4.78 is 0.687. The number of rotatable bonds is 4. The zero-order valence-corrected chi connectivity index (χ0v) is 13.0. The Bertz CT molecular complexity index is 450. The van der Waals surface area contributed by atoms with Gasteiger partial charge in [0.25, 0.3) is 5.91 Å². The van der Waals surface area contributed by atoms with Crippen LogP contribution in [0, 0.1) is 5.92 Å². The Hall–Kier alpha value is -0.940. The van der Waals surface area contributed by atoms with Crippen LogP contribution in [0.3, 0.4) is 0 Å². The topological polar surface area (TPSA) is 45.2 Å². The Balaban J connectivity index is 1.82. The first kappa shape index (κ1) is 14.5. The average molecular weight is 326 g/mol. The number of carbonyl (C=O) groups is 1. The quantitative estimate of drug-likeness (QED) is 0.864. The van der Waals surface area contributed by atoms with Crippen molar-refractivity contribution in [1.82, 2.24) is 15.2 Å². The molecule has 1 fully saturated rings. The standard InChI is InChI=1S/C14H20BrN3O/c1-10(2)18-7-6-11(9-18)8-16-14(19)12-4-3-5-13(15)17-12/h3-5,10-11H,6-9H2,1-2H3,(H,16,19). The third-order valence-corrected chi connectivity index (χ3v) is 3.99. The number of hydrogen-bond donors (Lipinski definition) is 1. The second-order valence-electron chi connectivity index (χ2n) is 5.30. The summed E-state index contributed by atoms with van der Waals surface area (Å²) in [5, 5.41) is 2.98. The first-order valence-electron chi connectivity index (χ1n) is 6.71. The number of likely N-dealkylation sites (tertiary alicyclic amines) is 1. The molecule has 4 nitrogen and oxygen atoms in total. The smallest absolute Gasteiger partial charge is 0.269 e. The van der Waals surface area contributed by atoms with Gasteiger partial charge < -0.3 is 10.2 Å². The van der Waals surface area contributed by atoms with Crippen LogP contribution in [0.5, 0.6) is 0 Å². The van der Waals surface area contributed by atoms with Gasteiger partial charge in [0.05, 0.1) is 0 Å². The van der Waals surface area contributed by atoms with Gasteiger partial charge in [0.15, 0.2) is 0 Å². The highest BCUT2D eigenvalue weighted by molar-refractivity contribution is 9.10. The van der Waals surface area contributed by atoms with Gasteiger partial charge in [0, 0.05) is 19.1 Å². The van der Waals surface area contributed by atoms with E-state index in [-0.39, 0.29) is 5.91 Å². The summed E-state index contributed by atoms with van der Waals surface area (Å²) >= 11 is 3.27. The molecule has 1 N–H and O–H groups in total. The van der Waals surface area contributed by atoms with Crippen LogP contribution in [0.2, 0.25) is 0 Å². The maximum absolute atomic E-state index is 12.0. The van der Waals surface area contributed by atoms with Gasteiger partial charge in [-0.2, -0.15) is 0 Å². The minimum Gasteiger partial charge on any atom is -0.350 e. The average Bonchev–Trinajstić information content (AvgIpc) is 2.85. The number of nitrogens with one attached hydrogen (secondary N) is 1. The highest BCUT2D eigenvalue weighted by Gasteiger charge is 2.24. The van der Waals surface area contributed by atoms with Crippen molar-refractivity contribution in [2.45, 2.75) is 26.3 Å². The van der Waals surface area contributed by atoms with Crippen LogP contribution in [-0.4, -0.2) is 41.5 Å². The molecule has 0 bridgehead atoms. The molecule has 1 aliphatic rings. The van der Waals surface area contributed by atoms with E-state index in [1.54, 1.807) is 6.07 Å². The summed E-state index contributed by atoms with van der Waals surface area (Å²) in [6, 6.07) is 5.96. The zero-order chi connectivity index (χ0) is 13.8. The first-order chi connectivity index (χ1) is 9.06. The van der Waals surface area contributed by atoms with Gasteiger partial charge in [-0.15, -0.1) is 0 Å². The summed E-state index contributed by atoms with van der Waals surface area (Å²) in [5.41, 5.74) is 0.466. The summed E-state index contributed by atoms with van der Waals surface area (Å²) in [6.07, 6.45) is 1.16. The van der Waals surface area contributed by atoms with Gasteiger partial charge >= 0.3 is 0 Å². The molecule has 1 saturated heterocycles. The van der Waals surface area contributed by atoms with E-state index in [9.17, 15) is 4.79 Å². The Morgan fingerprint density at radius 1 is 1.58 bits per heavy atom. The third kappa shape index (κ3) is 4.01. The Morgan fingerprint density at radius 3 is 3.00 bits per heavy atom. The molecule has 1 aliphatic heterocycles. The van der Waals surface area contributed by atoms with Crippen molar-refractivity contribution in [3.05, 3.63) is 28.5 Å². The van der Waals surface area contributed by atoms with Crippen molar-refractivity contribution in [1.29, 1.82) is 0 Å². The molecule has 5 heteroatoms. The molecule has 0 aromatic carbocycles. The maximum Gasteiger partial charge on any atom is 0.269 e. The Labute approximate surface area is 122 Å². The van der Waals surface area contributed by atoms with E-state index in [4.69, 9.17) is 0 Å². The molecule has 19 heavy (non-hydrogen) atoms. The van der Waals surface area contributed by atoms with Gasteiger partial charge in [0.1, 0.15) is 10.3 Å². The minimum absolute atomic E-state index is 0.0932. The van der Waals surface area contributed by atoms with Crippen LogP contribution < -0.4 is 5.32 Å². The van der Waals surface area contributed by atoms with Crippen molar-refractivity contribution in [3.8, 4) is 0 Å². The van der Waals surface area contributed by atoms with Crippen LogP contribution in [0.1, 0.15) is 30.8 Å². The van der Waals surface area contributed by atoms with Gasteiger partial charge in [0.2, 0.25) is 0 Å². The van der Waals surface area contributed by atoms with E-state index in [1.165, 1.54) is 0 Å². The van der Waals surface area contributed by atoms with Crippen LogP contribution in [0.4, 0.5) is 0 Å². The van der Waals surface area contributed by atoms with Gasteiger partial charge in [-0.1, -0.05) is 6.07 Å². The molecule has 0 radical (unpaired) electrons. The highest BCUT2D eigenvalue weighted by Crippen LogP contribution is 2.17. The Kier molecular flexibility index (Phi) is 4.93. The fourth-order valence-electron chi connectivity index (χ4n) is 2.36. The lowest BCUT2D eigenvalue weighted by Crippen LogP contribution is -2.33. The summed E-state index contributed by atoms with van der Waals surface area (Å²) in [6.45, 7) is 7.37. The van der Waals surface area contributed by atoms with E-state index in [0.717, 1.165) is 26.1 Å². The second kappa shape index (κ2) is 6.48. The Morgan fingerprint density at radius 2 is 2.37 bits per heavy atom. The number of carbonyl (C=O) groups excluding carboxylic acids is 1. The normalized spacial score (nSPS) is 19.9. The van der Waals surface area contributed by atoms with Crippen molar-refractivity contribution < 1.29 is 4.79 Å². The monoisotopic (exact) mass is 325 g/mol. The molecule has 2 rings (SSSR count). The van der Waals surface area contributed by atoms with Crippen LogP contribution in [0.25, 0.3) is 0 Å². The fourth-order valence-corrected chi connectivity index (χ4v) is 2.70. The molecular weight excluding hydrogens is 306 g/mol. The van der Waals surface area contributed by atoms with Crippen molar-refractivity contribution >= 4 is 21.8 Å². The molecule has 2 heterocycles. The molecule has 104 valence electrons. The number of hydrogen-bond acceptors (Lipinski definition) is 3. The SMILES string of the molecule is CC(C)N1CCC(CNC(=O)c2cccc(Br)n2)C1.